The fourth-order valence-electron chi connectivity index (χ4n) is 3.14. The number of hydrogen-bond acceptors (Lipinski definition) is 5. The Kier molecular flexibility index (Phi) is 3.34. The van der Waals surface area contributed by atoms with Crippen molar-refractivity contribution in [3.8, 4) is 0 Å². The van der Waals surface area contributed by atoms with Crippen molar-refractivity contribution in [2.24, 2.45) is 0 Å². The third-order valence-electron chi connectivity index (χ3n) is 4.18. The molecular formula is C17H12N3O3S-. The fraction of sp³-hybridized carbons (Fsp3) is 0.0588. The highest BCUT2D eigenvalue weighted by Gasteiger charge is 2.38. The van der Waals surface area contributed by atoms with Crippen LogP contribution in [0, 0.1) is 5.21 Å². The maximum absolute atomic E-state index is 12.8. The van der Waals surface area contributed by atoms with Gasteiger partial charge in [0.05, 0.1) is 23.0 Å². The monoisotopic (exact) mass is 338 g/mol. The second-order valence-electron chi connectivity index (χ2n) is 5.56. The number of carbonyl (C=O) groups excluding carboxylic acids is 1. The van der Waals surface area contributed by atoms with Crippen molar-refractivity contribution in [3.05, 3.63) is 76.0 Å². The molecular weight excluding hydrogens is 326 g/mol. The lowest BCUT2D eigenvalue weighted by atomic mass is 9.94. The van der Waals surface area contributed by atoms with Gasteiger partial charge in [-0.05, 0) is 29.9 Å². The lowest BCUT2D eigenvalue weighted by molar-refractivity contribution is 0.103. The third kappa shape index (κ3) is 2.18. The van der Waals surface area contributed by atoms with Gasteiger partial charge in [-0.15, -0.1) is 0 Å². The van der Waals surface area contributed by atoms with Gasteiger partial charge in [-0.2, -0.15) is 0 Å². The highest BCUT2D eigenvalue weighted by Crippen LogP contribution is 2.40. The summed E-state index contributed by atoms with van der Waals surface area (Å²) in [5, 5.41) is 26.6. The van der Waals surface area contributed by atoms with Crippen LogP contribution in [0.4, 0.5) is 5.69 Å². The van der Waals surface area contributed by atoms with Crippen LogP contribution in [-0.4, -0.2) is 16.1 Å². The zero-order valence-corrected chi connectivity index (χ0v) is 13.1. The molecule has 0 aromatic heterocycles. The Morgan fingerprint density at radius 1 is 1.12 bits per heavy atom. The third-order valence-corrected chi connectivity index (χ3v) is 4.40. The van der Waals surface area contributed by atoms with E-state index in [0.717, 1.165) is 5.56 Å². The number of Topliss-reactive ketones (excluding diaryl/α,β-unsaturated/α-hetero) is 1. The van der Waals surface area contributed by atoms with Crippen LogP contribution in [0.3, 0.4) is 0 Å². The smallest absolute Gasteiger partial charge is 0.194 e. The van der Waals surface area contributed by atoms with Gasteiger partial charge in [0.1, 0.15) is 0 Å². The van der Waals surface area contributed by atoms with Gasteiger partial charge in [-0.3, -0.25) is 10.0 Å². The molecule has 1 unspecified atom stereocenters. The molecule has 2 aromatic carbocycles. The van der Waals surface area contributed by atoms with Crippen molar-refractivity contribution in [1.29, 1.82) is 0 Å². The summed E-state index contributed by atoms with van der Waals surface area (Å²) < 4.78 is 0. The second-order valence-corrected chi connectivity index (χ2v) is 5.97. The summed E-state index contributed by atoms with van der Waals surface area (Å²) in [6.07, 6.45) is 0. The molecule has 4 rings (SSSR count). The number of fused-ring (bicyclic) bond motifs is 2. The van der Waals surface area contributed by atoms with Crippen molar-refractivity contribution in [2.45, 2.75) is 6.04 Å². The zero-order chi connectivity index (χ0) is 16.8. The molecule has 0 fully saturated rings. The summed E-state index contributed by atoms with van der Waals surface area (Å²) in [4.78, 5) is 12.8. The molecule has 3 N–H and O–H groups in total. The number of hydrogen-bond donors (Lipinski definition) is 3. The quantitative estimate of drug-likeness (QED) is 0.573. The molecule has 1 aliphatic heterocycles. The first-order valence-corrected chi connectivity index (χ1v) is 7.69. The number of ketones is 1. The van der Waals surface area contributed by atoms with Crippen LogP contribution >= 0.6 is 12.2 Å². The number of rotatable bonds is 2. The molecule has 2 aromatic rings. The minimum absolute atomic E-state index is 0.0820. The average molecular weight is 338 g/mol. The standard InChI is InChI=1S/C17H12N3O3S/c21-16-12-7-2-1-6-11(12)15-13(16)14(18-17(24)19-15)9-4-3-5-10(8-9)20(22)23/h1-8,14,22H,(H2,18,19,24)/q-1. The molecule has 0 bridgehead atoms. The molecule has 120 valence electrons. The maximum atomic E-state index is 12.8. The molecule has 0 amide bonds. The SMILES string of the molecule is O=C1C2=C(NC(=S)NC2c2cccc(N([O-])O)c2)c2ccccc21. The first kappa shape index (κ1) is 14.8. The van der Waals surface area contributed by atoms with Crippen LogP contribution < -0.4 is 15.9 Å². The Hall–Kier alpha value is -2.74. The lowest BCUT2D eigenvalue weighted by Crippen LogP contribution is -2.43. The molecule has 0 radical (unpaired) electrons. The molecule has 1 atom stereocenters. The first-order valence-electron chi connectivity index (χ1n) is 7.28. The van der Waals surface area contributed by atoms with E-state index < -0.39 is 6.04 Å². The largest absolute Gasteiger partial charge is 0.733 e. The molecule has 7 heteroatoms. The number of carbonyl (C=O) groups is 1. The van der Waals surface area contributed by atoms with E-state index in [1.54, 1.807) is 18.2 Å². The van der Waals surface area contributed by atoms with Crippen molar-refractivity contribution in [2.75, 3.05) is 5.23 Å². The normalized spacial score (nSPS) is 18.7. The molecule has 0 spiro atoms. The van der Waals surface area contributed by atoms with E-state index in [1.807, 2.05) is 18.2 Å². The van der Waals surface area contributed by atoms with Crippen LogP contribution in [0.5, 0.6) is 0 Å². The van der Waals surface area contributed by atoms with Crippen LogP contribution in [0.15, 0.2) is 54.1 Å². The second kappa shape index (κ2) is 5.41. The maximum Gasteiger partial charge on any atom is 0.194 e. The Morgan fingerprint density at radius 3 is 2.62 bits per heavy atom. The predicted octanol–water partition coefficient (Wildman–Crippen LogP) is 2.51. The summed E-state index contributed by atoms with van der Waals surface area (Å²) >= 11 is 5.27. The molecule has 1 heterocycles. The molecule has 0 saturated heterocycles. The number of nitrogens with one attached hydrogen (secondary N) is 2. The topological polar surface area (TPSA) is 87.7 Å². The van der Waals surface area contributed by atoms with E-state index in [0.29, 0.717) is 27.5 Å². The van der Waals surface area contributed by atoms with Crippen LogP contribution in [0.2, 0.25) is 0 Å². The summed E-state index contributed by atoms with van der Waals surface area (Å²) in [6.45, 7) is 0. The number of nitrogens with zero attached hydrogens (tertiary/aromatic N) is 1. The first-order chi connectivity index (χ1) is 11.6. The van der Waals surface area contributed by atoms with Crippen molar-refractivity contribution in [3.63, 3.8) is 0 Å². The van der Waals surface area contributed by atoms with Crippen molar-refractivity contribution in [1.82, 2.24) is 10.6 Å². The highest BCUT2D eigenvalue weighted by molar-refractivity contribution is 7.80. The summed E-state index contributed by atoms with van der Waals surface area (Å²) in [5.41, 5.74) is 3.43. The Morgan fingerprint density at radius 2 is 1.88 bits per heavy atom. The van der Waals surface area contributed by atoms with Crippen molar-refractivity contribution >= 4 is 34.5 Å². The Labute approximate surface area is 142 Å². The zero-order valence-electron chi connectivity index (χ0n) is 12.3. The van der Waals surface area contributed by atoms with Gasteiger partial charge in [-0.25, -0.2) is 0 Å². The number of thiocarbonyl (C=S) groups is 1. The van der Waals surface area contributed by atoms with E-state index in [1.165, 1.54) is 12.1 Å². The van der Waals surface area contributed by atoms with Crippen LogP contribution in [-0.2, 0) is 0 Å². The van der Waals surface area contributed by atoms with Gasteiger partial charge in [0.15, 0.2) is 10.9 Å². The minimum atomic E-state index is -0.492. The average Bonchev–Trinajstić information content (AvgIpc) is 2.87. The van der Waals surface area contributed by atoms with E-state index in [4.69, 9.17) is 17.4 Å². The number of anilines is 1. The minimum Gasteiger partial charge on any atom is -0.733 e. The number of benzene rings is 2. The predicted molar refractivity (Wildman–Crippen MR) is 93.4 cm³/mol. The molecule has 1 aliphatic carbocycles. The summed E-state index contributed by atoms with van der Waals surface area (Å²) in [5.74, 6) is -0.0820. The van der Waals surface area contributed by atoms with E-state index >= 15 is 0 Å². The van der Waals surface area contributed by atoms with E-state index in [2.05, 4.69) is 10.6 Å². The Bertz CT molecular complexity index is 907. The van der Waals surface area contributed by atoms with Crippen LogP contribution in [0.1, 0.15) is 27.5 Å². The van der Waals surface area contributed by atoms with Gasteiger partial charge >= 0.3 is 0 Å². The molecule has 24 heavy (non-hydrogen) atoms. The van der Waals surface area contributed by atoms with Gasteiger partial charge in [-0.1, -0.05) is 36.4 Å². The van der Waals surface area contributed by atoms with Crippen molar-refractivity contribution < 1.29 is 10.0 Å². The molecule has 2 aliphatic rings. The summed E-state index contributed by atoms with van der Waals surface area (Å²) in [6, 6.07) is 13.3. The van der Waals surface area contributed by atoms with E-state index in [9.17, 15) is 10.0 Å². The Balaban J connectivity index is 1.86. The van der Waals surface area contributed by atoms with Gasteiger partial charge in [0, 0.05) is 11.1 Å². The fourth-order valence-corrected chi connectivity index (χ4v) is 3.36. The summed E-state index contributed by atoms with van der Waals surface area (Å²) in [7, 11) is 0. The van der Waals surface area contributed by atoms with Gasteiger partial charge < -0.3 is 21.1 Å². The highest BCUT2D eigenvalue weighted by atomic mass is 32.1. The molecule has 0 saturated carbocycles. The van der Waals surface area contributed by atoms with Gasteiger partial charge in [0.2, 0.25) is 0 Å². The molecule has 6 nitrogen and oxygen atoms in total. The van der Waals surface area contributed by atoms with E-state index in [-0.39, 0.29) is 16.7 Å². The van der Waals surface area contributed by atoms with Crippen LogP contribution in [0.25, 0.3) is 5.70 Å². The lowest BCUT2D eigenvalue weighted by Gasteiger charge is -2.29. The van der Waals surface area contributed by atoms with Gasteiger partial charge in [0.25, 0.3) is 0 Å².